The van der Waals surface area contributed by atoms with Crippen LogP contribution in [-0.4, -0.2) is 10.9 Å². The van der Waals surface area contributed by atoms with Crippen LogP contribution in [0.2, 0.25) is 0 Å². The van der Waals surface area contributed by atoms with E-state index in [4.69, 9.17) is 0 Å². The maximum atomic E-state index is 10.9. The van der Waals surface area contributed by atoms with Crippen LogP contribution in [0.5, 0.6) is 0 Å². The first kappa shape index (κ1) is 18.4. The second kappa shape index (κ2) is 8.00. The average Bonchev–Trinajstić information content (AvgIpc) is 3.14. The van der Waals surface area contributed by atoms with Crippen molar-refractivity contribution in [1.29, 1.82) is 0 Å². The summed E-state index contributed by atoms with van der Waals surface area (Å²) in [5, 5.41) is 2.57. The Kier molecular flexibility index (Phi) is 4.90. The maximum Gasteiger partial charge on any atom is 0.150 e. The van der Waals surface area contributed by atoms with Crippen LogP contribution >= 0.6 is 0 Å². The van der Waals surface area contributed by atoms with Crippen LogP contribution in [0.3, 0.4) is 0 Å². The molecule has 5 rings (SSSR count). The summed E-state index contributed by atoms with van der Waals surface area (Å²) >= 11 is 0. The number of nitrogens with zero attached hydrogens (tertiary/aromatic N) is 1. The Hall–Kier alpha value is -3.65. The van der Waals surface area contributed by atoms with E-state index in [0.717, 1.165) is 31.1 Å². The first-order valence-electron chi connectivity index (χ1n) is 10.4. The number of rotatable bonds is 6. The summed E-state index contributed by atoms with van der Waals surface area (Å²) in [7, 11) is 0. The van der Waals surface area contributed by atoms with Crippen LogP contribution in [0.25, 0.3) is 27.5 Å². The van der Waals surface area contributed by atoms with Crippen molar-refractivity contribution in [2.45, 2.75) is 19.3 Å². The van der Waals surface area contributed by atoms with Crippen molar-refractivity contribution in [2.24, 2.45) is 0 Å². The number of carbonyl (C=O) groups is 1. The Morgan fingerprint density at radius 2 is 1.27 bits per heavy atom. The van der Waals surface area contributed by atoms with Crippen molar-refractivity contribution in [3.8, 4) is 5.69 Å². The standard InChI is InChI=1S/C28H23NO/c30-20-23-10-6-9-22(19-23)8-5-7-21-15-17-24(18-16-21)29-27-13-3-1-11-25(27)26-12-2-4-14-28(26)29/h1-4,6,9-20H,5,7-8H2. The molecule has 0 aliphatic heterocycles. The van der Waals surface area contributed by atoms with E-state index in [-0.39, 0.29) is 0 Å². The summed E-state index contributed by atoms with van der Waals surface area (Å²) in [5.74, 6) is 0. The molecule has 2 nitrogen and oxygen atoms in total. The van der Waals surface area contributed by atoms with Crippen LogP contribution in [0.15, 0.2) is 97.1 Å². The molecule has 1 heterocycles. The number of hydrogen-bond donors (Lipinski definition) is 0. The summed E-state index contributed by atoms with van der Waals surface area (Å²) in [6.45, 7) is 0. The zero-order valence-corrected chi connectivity index (χ0v) is 16.8. The second-order valence-electron chi connectivity index (χ2n) is 7.75. The van der Waals surface area contributed by atoms with Crippen LogP contribution in [-0.2, 0) is 12.8 Å². The van der Waals surface area contributed by atoms with Crippen molar-refractivity contribution in [2.75, 3.05) is 0 Å². The molecule has 0 radical (unpaired) electrons. The zero-order chi connectivity index (χ0) is 20.3. The number of aryl methyl sites for hydroxylation is 2. The molecule has 0 bridgehead atoms. The molecule has 5 aromatic rings. The molecule has 4 aromatic carbocycles. The van der Waals surface area contributed by atoms with Crippen LogP contribution in [0.4, 0.5) is 0 Å². The highest BCUT2D eigenvalue weighted by molar-refractivity contribution is 6.09. The summed E-state index contributed by atoms with van der Waals surface area (Å²) in [5.41, 5.74) is 6.98. The molecule has 30 heavy (non-hydrogen) atoms. The fourth-order valence-electron chi connectivity index (χ4n) is 4.33. The van der Waals surface area contributed by atoms with E-state index in [2.05, 4.69) is 83.4 Å². The lowest BCUT2D eigenvalue weighted by molar-refractivity contribution is 0.112. The van der Waals surface area contributed by atoms with Gasteiger partial charge in [0, 0.05) is 22.0 Å². The van der Waals surface area contributed by atoms with Crippen LogP contribution in [0.1, 0.15) is 27.9 Å². The highest BCUT2D eigenvalue weighted by Crippen LogP contribution is 2.31. The molecule has 1 aromatic heterocycles. The Balaban J connectivity index is 1.38. The summed E-state index contributed by atoms with van der Waals surface area (Å²) < 4.78 is 2.35. The molecule has 0 spiro atoms. The van der Waals surface area contributed by atoms with E-state index in [1.807, 2.05) is 18.2 Å². The third-order valence-electron chi connectivity index (χ3n) is 5.79. The van der Waals surface area contributed by atoms with Gasteiger partial charge in [-0.3, -0.25) is 4.79 Å². The van der Waals surface area contributed by atoms with Gasteiger partial charge in [-0.2, -0.15) is 0 Å². The summed E-state index contributed by atoms with van der Waals surface area (Å²) in [4.78, 5) is 10.9. The lowest BCUT2D eigenvalue weighted by Crippen LogP contribution is -1.95. The van der Waals surface area contributed by atoms with Crippen LogP contribution in [0, 0.1) is 0 Å². The minimum absolute atomic E-state index is 0.753. The normalized spacial score (nSPS) is 11.2. The first-order valence-corrected chi connectivity index (χ1v) is 10.4. The minimum Gasteiger partial charge on any atom is -0.309 e. The SMILES string of the molecule is O=Cc1cccc(CCCc2ccc(-n3c4ccccc4c4ccccc43)cc2)c1. The number of aromatic nitrogens is 1. The third-order valence-corrected chi connectivity index (χ3v) is 5.79. The van der Waals surface area contributed by atoms with Gasteiger partial charge in [0.25, 0.3) is 0 Å². The quantitative estimate of drug-likeness (QED) is 0.294. The van der Waals surface area contributed by atoms with Gasteiger partial charge in [0.15, 0.2) is 0 Å². The van der Waals surface area contributed by atoms with Gasteiger partial charge in [-0.15, -0.1) is 0 Å². The fraction of sp³-hybridized carbons (Fsp3) is 0.107. The molecule has 2 heteroatoms. The summed E-state index contributed by atoms with van der Waals surface area (Å²) in [6.07, 6.45) is 3.99. The predicted octanol–water partition coefficient (Wildman–Crippen LogP) is 6.77. The van der Waals surface area contributed by atoms with E-state index < -0.39 is 0 Å². The van der Waals surface area contributed by atoms with Crippen molar-refractivity contribution in [1.82, 2.24) is 4.57 Å². The smallest absolute Gasteiger partial charge is 0.150 e. The molecule has 0 fully saturated rings. The number of benzene rings is 4. The monoisotopic (exact) mass is 389 g/mol. The molecule has 0 aliphatic carbocycles. The molecule has 0 unspecified atom stereocenters. The molecule has 0 aliphatic rings. The van der Waals surface area contributed by atoms with Crippen molar-refractivity contribution < 1.29 is 4.79 Å². The van der Waals surface area contributed by atoms with Gasteiger partial charge in [0.2, 0.25) is 0 Å². The highest BCUT2D eigenvalue weighted by Gasteiger charge is 2.11. The number of aldehydes is 1. The van der Waals surface area contributed by atoms with Crippen molar-refractivity contribution in [3.05, 3.63) is 114 Å². The molecule has 0 saturated carbocycles. The van der Waals surface area contributed by atoms with Gasteiger partial charge < -0.3 is 4.57 Å². The Morgan fingerprint density at radius 3 is 1.93 bits per heavy atom. The Morgan fingerprint density at radius 1 is 0.633 bits per heavy atom. The van der Waals surface area contributed by atoms with Crippen molar-refractivity contribution >= 4 is 28.1 Å². The Bertz CT molecular complexity index is 1270. The van der Waals surface area contributed by atoms with E-state index in [1.165, 1.54) is 38.6 Å². The van der Waals surface area contributed by atoms with Gasteiger partial charge in [0.1, 0.15) is 6.29 Å². The lowest BCUT2D eigenvalue weighted by atomic mass is 10.0. The number of fused-ring (bicyclic) bond motifs is 3. The van der Waals surface area contributed by atoms with Gasteiger partial charge >= 0.3 is 0 Å². The fourth-order valence-corrected chi connectivity index (χ4v) is 4.33. The molecular weight excluding hydrogens is 366 g/mol. The first-order chi connectivity index (χ1) is 14.8. The highest BCUT2D eigenvalue weighted by atomic mass is 16.1. The van der Waals surface area contributed by atoms with E-state index >= 15 is 0 Å². The van der Waals surface area contributed by atoms with Crippen molar-refractivity contribution in [3.63, 3.8) is 0 Å². The second-order valence-corrected chi connectivity index (χ2v) is 7.75. The lowest BCUT2D eigenvalue weighted by Gasteiger charge is -2.09. The van der Waals surface area contributed by atoms with E-state index in [9.17, 15) is 4.79 Å². The zero-order valence-electron chi connectivity index (χ0n) is 16.8. The number of carbonyl (C=O) groups excluding carboxylic acids is 1. The Labute approximate surface area is 176 Å². The van der Waals surface area contributed by atoms with E-state index in [1.54, 1.807) is 0 Å². The number of para-hydroxylation sites is 2. The average molecular weight is 389 g/mol. The molecule has 0 N–H and O–H groups in total. The third kappa shape index (κ3) is 3.42. The van der Waals surface area contributed by atoms with Gasteiger partial charge in [0.05, 0.1) is 11.0 Å². The predicted molar refractivity (Wildman–Crippen MR) is 125 cm³/mol. The van der Waals surface area contributed by atoms with Crippen LogP contribution < -0.4 is 0 Å². The largest absolute Gasteiger partial charge is 0.309 e. The molecule has 0 atom stereocenters. The maximum absolute atomic E-state index is 10.9. The van der Waals surface area contributed by atoms with Gasteiger partial charge in [-0.05, 0) is 60.7 Å². The topological polar surface area (TPSA) is 22.0 Å². The molecule has 146 valence electrons. The molecule has 0 saturated heterocycles. The van der Waals surface area contributed by atoms with Gasteiger partial charge in [-0.1, -0.05) is 66.7 Å². The molecular formula is C28H23NO. The summed E-state index contributed by atoms with van der Waals surface area (Å²) in [6, 6.07) is 34.0. The molecule has 0 amide bonds. The minimum atomic E-state index is 0.753. The number of hydrogen-bond acceptors (Lipinski definition) is 1. The van der Waals surface area contributed by atoms with Gasteiger partial charge in [-0.25, -0.2) is 0 Å². The van der Waals surface area contributed by atoms with E-state index in [0.29, 0.717) is 0 Å².